The van der Waals surface area contributed by atoms with Crippen LogP contribution in [0.25, 0.3) is 0 Å². The summed E-state index contributed by atoms with van der Waals surface area (Å²) in [6.07, 6.45) is 3.21. The summed E-state index contributed by atoms with van der Waals surface area (Å²) in [5, 5.41) is 15.7. The molecule has 1 aliphatic heterocycles. The molecule has 19 heavy (non-hydrogen) atoms. The van der Waals surface area contributed by atoms with E-state index in [2.05, 4.69) is 10.6 Å². The molecule has 3 unspecified atom stereocenters. The number of aliphatic hydroxyl groups excluding tert-OH is 1. The monoisotopic (exact) mass is 290 g/mol. The summed E-state index contributed by atoms with van der Waals surface area (Å²) in [6.45, 7) is 0.409. The van der Waals surface area contributed by atoms with Gasteiger partial charge in [0, 0.05) is 19.0 Å². The fourth-order valence-corrected chi connectivity index (χ4v) is 4.21. The largest absolute Gasteiger partial charge is 0.391 e. The van der Waals surface area contributed by atoms with Crippen molar-refractivity contribution >= 4 is 15.7 Å². The zero-order valence-electron chi connectivity index (χ0n) is 11.0. The van der Waals surface area contributed by atoms with E-state index in [4.69, 9.17) is 0 Å². The number of carbonyl (C=O) groups is 1. The maximum Gasteiger partial charge on any atom is 0.221 e. The second-order valence-corrected chi connectivity index (χ2v) is 7.72. The minimum Gasteiger partial charge on any atom is -0.391 e. The molecule has 3 N–H and O–H groups in total. The van der Waals surface area contributed by atoms with Crippen LogP contribution in [0.1, 0.15) is 32.1 Å². The van der Waals surface area contributed by atoms with Gasteiger partial charge in [-0.05, 0) is 12.8 Å². The van der Waals surface area contributed by atoms with E-state index in [9.17, 15) is 18.3 Å². The van der Waals surface area contributed by atoms with Crippen LogP contribution in [0.5, 0.6) is 0 Å². The van der Waals surface area contributed by atoms with Gasteiger partial charge in [-0.15, -0.1) is 0 Å². The van der Waals surface area contributed by atoms with Crippen molar-refractivity contribution in [2.75, 3.05) is 18.1 Å². The van der Waals surface area contributed by atoms with Crippen LogP contribution in [0.2, 0.25) is 0 Å². The minimum absolute atomic E-state index is 0.0215. The van der Waals surface area contributed by atoms with E-state index in [0.717, 1.165) is 25.7 Å². The number of sulfone groups is 1. The molecule has 1 saturated heterocycles. The van der Waals surface area contributed by atoms with Gasteiger partial charge in [-0.1, -0.05) is 12.8 Å². The Morgan fingerprint density at radius 1 is 1.32 bits per heavy atom. The molecule has 2 aliphatic rings. The fraction of sp³-hybridized carbons (Fsp3) is 0.917. The highest BCUT2D eigenvalue weighted by atomic mass is 32.2. The van der Waals surface area contributed by atoms with Crippen LogP contribution in [0.15, 0.2) is 0 Å². The van der Waals surface area contributed by atoms with E-state index in [1.54, 1.807) is 0 Å². The molecule has 0 aromatic rings. The van der Waals surface area contributed by atoms with Gasteiger partial charge >= 0.3 is 0 Å². The van der Waals surface area contributed by atoms with Crippen LogP contribution in [-0.2, 0) is 14.6 Å². The first-order valence-corrected chi connectivity index (χ1v) is 8.70. The SMILES string of the molecule is O=C(CC1CS(=O)(=O)CCN1)NC1CCCCC1O. The summed E-state index contributed by atoms with van der Waals surface area (Å²) >= 11 is 0. The van der Waals surface area contributed by atoms with Crippen LogP contribution in [0, 0.1) is 0 Å². The third-order valence-corrected chi connectivity index (χ3v) is 5.55. The molecule has 0 spiro atoms. The van der Waals surface area contributed by atoms with Crippen molar-refractivity contribution in [3.63, 3.8) is 0 Å². The van der Waals surface area contributed by atoms with Gasteiger partial charge in [-0.2, -0.15) is 0 Å². The van der Waals surface area contributed by atoms with Crippen molar-refractivity contribution in [1.29, 1.82) is 0 Å². The summed E-state index contributed by atoms with van der Waals surface area (Å²) < 4.78 is 22.9. The molecule has 3 atom stereocenters. The zero-order valence-corrected chi connectivity index (χ0v) is 11.8. The molecule has 0 radical (unpaired) electrons. The minimum atomic E-state index is -3.01. The molecular formula is C12H22N2O4S. The standard InChI is InChI=1S/C12H22N2O4S/c15-11-4-2-1-3-10(11)14-12(16)7-9-8-19(17,18)6-5-13-9/h9-11,13,15H,1-8H2,(H,14,16). The second-order valence-electron chi connectivity index (χ2n) is 5.50. The second kappa shape index (κ2) is 6.19. The maximum absolute atomic E-state index is 11.9. The van der Waals surface area contributed by atoms with Crippen molar-refractivity contribution in [2.24, 2.45) is 0 Å². The third-order valence-electron chi connectivity index (χ3n) is 3.81. The molecule has 2 fully saturated rings. The molecule has 0 bridgehead atoms. The molecule has 2 rings (SSSR count). The van der Waals surface area contributed by atoms with Crippen LogP contribution in [0.3, 0.4) is 0 Å². The molecule has 110 valence electrons. The Morgan fingerprint density at radius 2 is 2.05 bits per heavy atom. The lowest BCUT2D eigenvalue weighted by molar-refractivity contribution is -0.123. The Labute approximate surface area is 113 Å². The third kappa shape index (κ3) is 4.43. The molecule has 1 amide bonds. The molecule has 1 aliphatic carbocycles. The van der Waals surface area contributed by atoms with Crippen molar-refractivity contribution < 1.29 is 18.3 Å². The van der Waals surface area contributed by atoms with Crippen molar-refractivity contribution in [3.05, 3.63) is 0 Å². The van der Waals surface area contributed by atoms with Gasteiger partial charge in [-0.3, -0.25) is 4.79 Å². The number of hydrogen-bond donors (Lipinski definition) is 3. The predicted molar refractivity (Wildman–Crippen MR) is 71.5 cm³/mol. The van der Waals surface area contributed by atoms with E-state index < -0.39 is 15.9 Å². The van der Waals surface area contributed by atoms with E-state index in [1.807, 2.05) is 0 Å². The van der Waals surface area contributed by atoms with E-state index in [1.165, 1.54) is 0 Å². The summed E-state index contributed by atoms with van der Waals surface area (Å²) in [5.41, 5.74) is 0. The van der Waals surface area contributed by atoms with E-state index in [0.29, 0.717) is 6.54 Å². The molecule has 1 heterocycles. The Bertz CT molecular complexity index is 423. The van der Waals surface area contributed by atoms with Gasteiger partial charge in [0.05, 0.1) is 23.7 Å². The van der Waals surface area contributed by atoms with Crippen LogP contribution < -0.4 is 10.6 Å². The number of carbonyl (C=O) groups excluding carboxylic acids is 1. The summed E-state index contributed by atoms with van der Waals surface area (Å²) in [6, 6.07) is -0.485. The van der Waals surface area contributed by atoms with Crippen LogP contribution in [-0.4, -0.2) is 55.7 Å². The average Bonchev–Trinajstić information content (AvgIpc) is 2.30. The van der Waals surface area contributed by atoms with Crippen LogP contribution >= 0.6 is 0 Å². The fourth-order valence-electron chi connectivity index (χ4n) is 2.77. The van der Waals surface area contributed by atoms with E-state index in [-0.39, 0.29) is 35.9 Å². The lowest BCUT2D eigenvalue weighted by Gasteiger charge is -2.29. The Kier molecular flexibility index (Phi) is 4.81. The number of rotatable bonds is 3. The number of nitrogens with one attached hydrogen (secondary N) is 2. The Balaban J connectivity index is 1.80. The summed E-state index contributed by atoms with van der Waals surface area (Å²) in [4.78, 5) is 11.9. The number of aliphatic hydroxyl groups is 1. The smallest absolute Gasteiger partial charge is 0.221 e. The molecule has 1 saturated carbocycles. The first-order valence-electron chi connectivity index (χ1n) is 6.87. The highest BCUT2D eigenvalue weighted by Gasteiger charge is 2.28. The van der Waals surface area contributed by atoms with Gasteiger partial charge < -0.3 is 15.7 Å². The molecule has 6 nitrogen and oxygen atoms in total. The predicted octanol–water partition coefficient (Wildman–Crippen LogP) is -0.817. The van der Waals surface area contributed by atoms with Gasteiger partial charge in [0.2, 0.25) is 5.91 Å². The quantitative estimate of drug-likeness (QED) is 0.631. The molecule has 0 aromatic heterocycles. The maximum atomic E-state index is 11.9. The highest BCUT2D eigenvalue weighted by Crippen LogP contribution is 2.18. The first-order chi connectivity index (χ1) is 8.96. The topological polar surface area (TPSA) is 95.5 Å². The number of amides is 1. The highest BCUT2D eigenvalue weighted by molar-refractivity contribution is 7.91. The Morgan fingerprint density at radius 3 is 2.74 bits per heavy atom. The van der Waals surface area contributed by atoms with Crippen molar-refractivity contribution in [1.82, 2.24) is 10.6 Å². The molecular weight excluding hydrogens is 268 g/mol. The zero-order chi connectivity index (χ0) is 13.9. The van der Waals surface area contributed by atoms with Crippen molar-refractivity contribution in [3.8, 4) is 0 Å². The lowest BCUT2D eigenvalue weighted by Crippen LogP contribution is -2.50. The summed E-state index contributed by atoms with van der Waals surface area (Å²) in [7, 11) is -3.01. The van der Waals surface area contributed by atoms with E-state index >= 15 is 0 Å². The first kappa shape index (κ1) is 14.7. The average molecular weight is 290 g/mol. The summed E-state index contributed by atoms with van der Waals surface area (Å²) in [5.74, 6) is -0.0133. The van der Waals surface area contributed by atoms with Gasteiger partial charge in [-0.25, -0.2) is 8.42 Å². The lowest BCUT2D eigenvalue weighted by atomic mass is 9.92. The van der Waals surface area contributed by atoms with Crippen molar-refractivity contribution in [2.45, 2.75) is 50.3 Å². The van der Waals surface area contributed by atoms with Gasteiger partial charge in [0.25, 0.3) is 0 Å². The Hall–Kier alpha value is -0.660. The van der Waals surface area contributed by atoms with Crippen LogP contribution in [0.4, 0.5) is 0 Å². The molecule has 0 aromatic carbocycles. The van der Waals surface area contributed by atoms with Gasteiger partial charge in [0.15, 0.2) is 9.84 Å². The number of hydrogen-bond acceptors (Lipinski definition) is 5. The van der Waals surface area contributed by atoms with Gasteiger partial charge in [0.1, 0.15) is 0 Å². The normalized spacial score (nSPS) is 34.7. The molecule has 7 heteroatoms.